The van der Waals surface area contributed by atoms with Gasteiger partial charge in [0.1, 0.15) is 0 Å². The predicted molar refractivity (Wildman–Crippen MR) is 113 cm³/mol. The van der Waals surface area contributed by atoms with Crippen molar-refractivity contribution >= 4 is 17.3 Å². The lowest BCUT2D eigenvalue weighted by atomic mass is 10.1. The van der Waals surface area contributed by atoms with E-state index < -0.39 is 0 Å². The third-order valence-electron chi connectivity index (χ3n) is 4.56. The van der Waals surface area contributed by atoms with Crippen LogP contribution >= 0.6 is 0 Å². The van der Waals surface area contributed by atoms with Gasteiger partial charge in [-0.15, -0.1) is 0 Å². The first-order chi connectivity index (χ1) is 13.2. The summed E-state index contributed by atoms with van der Waals surface area (Å²) < 4.78 is 0. The average molecular weight is 358 g/mol. The minimum atomic E-state index is 0.0595. The molecule has 1 amide bonds. The summed E-state index contributed by atoms with van der Waals surface area (Å²) in [6.07, 6.45) is 2.30. The highest BCUT2D eigenvalue weighted by Gasteiger charge is 2.06. The van der Waals surface area contributed by atoms with Crippen LogP contribution in [0.5, 0.6) is 0 Å². The number of rotatable bonds is 8. The fraction of sp³-hybridized carbons (Fsp3) is 0.208. The van der Waals surface area contributed by atoms with Crippen LogP contribution < -0.4 is 10.6 Å². The van der Waals surface area contributed by atoms with Gasteiger partial charge in [-0.3, -0.25) is 4.79 Å². The molecule has 138 valence electrons. The van der Waals surface area contributed by atoms with E-state index in [4.69, 9.17) is 0 Å². The molecule has 0 aliphatic rings. The molecule has 0 aromatic heterocycles. The van der Waals surface area contributed by atoms with Crippen LogP contribution in [0.4, 0.5) is 11.4 Å². The molecule has 0 saturated heterocycles. The lowest BCUT2D eigenvalue weighted by Crippen LogP contribution is -2.11. The highest BCUT2D eigenvalue weighted by atomic mass is 16.1. The summed E-state index contributed by atoms with van der Waals surface area (Å²) in [7, 11) is 0. The van der Waals surface area contributed by atoms with E-state index in [1.54, 1.807) is 0 Å². The third-order valence-corrected chi connectivity index (χ3v) is 4.56. The smallest absolute Gasteiger partial charge is 0.224 e. The second-order valence-electron chi connectivity index (χ2n) is 6.74. The molecule has 0 fully saturated rings. The first-order valence-electron chi connectivity index (χ1n) is 9.46. The van der Waals surface area contributed by atoms with Crippen LogP contribution in [-0.4, -0.2) is 5.91 Å². The topological polar surface area (TPSA) is 41.1 Å². The summed E-state index contributed by atoms with van der Waals surface area (Å²) in [4.78, 5) is 12.1. The first-order valence-corrected chi connectivity index (χ1v) is 9.46. The van der Waals surface area contributed by atoms with Gasteiger partial charge in [0.2, 0.25) is 5.91 Å². The van der Waals surface area contributed by atoms with Crippen molar-refractivity contribution in [2.75, 3.05) is 10.6 Å². The van der Waals surface area contributed by atoms with Crippen molar-refractivity contribution in [2.24, 2.45) is 0 Å². The maximum atomic E-state index is 12.1. The Morgan fingerprint density at radius 2 is 1.41 bits per heavy atom. The van der Waals surface area contributed by atoms with Crippen molar-refractivity contribution in [1.29, 1.82) is 0 Å². The van der Waals surface area contributed by atoms with Gasteiger partial charge in [0.05, 0.1) is 0 Å². The van der Waals surface area contributed by atoms with E-state index in [0.717, 1.165) is 24.2 Å². The van der Waals surface area contributed by atoms with Gasteiger partial charge in [-0.2, -0.15) is 0 Å². The van der Waals surface area contributed by atoms with Crippen molar-refractivity contribution < 1.29 is 4.79 Å². The van der Waals surface area contributed by atoms with Crippen LogP contribution in [0.3, 0.4) is 0 Å². The van der Waals surface area contributed by atoms with Crippen molar-refractivity contribution in [3.8, 4) is 0 Å². The second kappa shape index (κ2) is 9.58. The molecule has 0 aliphatic heterocycles. The molecule has 1 unspecified atom stereocenters. The monoisotopic (exact) mass is 358 g/mol. The lowest BCUT2D eigenvalue weighted by Gasteiger charge is -2.16. The van der Waals surface area contributed by atoms with Crippen molar-refractivity contribution in [1.82, 2.24) is 0 Å². The molecule has 2 N–H and O–H groups in total. The van der Waals surface area contributed by atoms with Crippen LogP contribution in [-0.2, 0) is 11.2 Å². The van der Waals surface area contributed by atoms with Crippen molar-refractivity contribution in [3.05, 3.63) is 96.1 Å². The number of nitrogens with one attached hydrogen (secondary N) is 2. The molecule has 3 heteroatoms. The fourth-order valence-electron chi connectivity index (χ4n) is 3.05. The molecule has 0 saturated carbocycles. The first kappa shape index (κ1) is 18.7. The molecule has 27 heavy (non-hydrogen) atoms. The fourth-order valence-corrected chi connectivity index (χ4v) is 3.05. The predicted octanol–water partition coefficient (Wildman–Crippen LogP) is 5.82. The quantitative estimate of drug-likeness (QED) is 0.532. The molecule has 3 rings (SSSR count). The number of amides is 1. The van der Waals surface area contributed by atoms with Gasteiger partial charge in [0.15, 0.2) is 0 Å². The van der Waals surface area contributed by atoms with Gasteiger partial charge in [-0.25, -0.2) is 0 Å². The van der Waals surface area contributed by atoms with Gasteiger partial charge >= 0.3 is 0 Å². The van der Waals surface area contributed by atoms with E-state index in [1.807, 2.05) is 60.7 Å². The molecule has 3 nitrogen and oxygen atoms in total. The summed E-state index contributed by atoms with van der Waals surface area (Å²) in [5.41, 5.74) is 4.38. The van der Waals surface area contributed by atoms with Gasteiger partial charge in [-0.1, -0.05) is 60.7 Å². The normalized spacial score (nSPS) is 11.6. The number of carbonyl (C=O) groups is 1. The Balaban J connectivity index is 1.45. The second-order valence-corrected chi connectivity index (χ2v) is 6.74. The zero-order valence-corrected chi connectivity index (χ0v) is 15.7. The number of hydrogen-bond acceptors (Lipinski definition) is 2. The van der Waals surface area contributed by atoms with Gasteiger partial charge < -0.3 is 10.6 Å². The highest BCUT2D eigenvalue weighted by molar-refractivity contribution is 5.90. The standard InChI is InChI=1S/C24H26N2O/c1-19(21-12-6-3-7-13-21)25-22-15-17-23(18-16-22)26-24(27)14-8-11-20-9-4-2-5-10-20/h2-7,9-10,12-13,15-19,25H,8,11,14H2,1H3,(H,26,27). The van der Waals surface area contributed by atoms with E-state index in [9.17, 15) is 4.79 Å². The third kappa shape index (κ3) is 6.00. The number of benzene rings is 3. The van der Waals surface area contributed by atoms with Crippen LogP contribution in [0.2, 0.25) is 0 Å². The summed E-state index contributed by atoms with van der Waals surface area (Å²) in [6.45, 7) is 2.14. The zero-order chi connectivity index (χ0) is 18.9. The van der Waals surface area contributed by atoms with E-state index >= 15 is 0 Å². The average Bonchev–Trinajstić information content (AvgIpc) is 2.71. The Morgan fingerprint density at radius 1 is 0.815 bits per heavy atom. The Hall–Kier alpha value is -3.07. The van der Waals surface area contributed by atoms with E-state index in [2.05, 4.69) is 41.8 Å². The van der Waals surface area contributed by atoms with Crippen LogP contribution in [0.15, 0.2) is 84.9 Å². The SMILES string of the molecule is CC(Nc1ccc(NC(=O)CCCc2ccccc2)cc1)c1ccccc1. The van der Waals surface area contributed by atoms with E-state index in [0.29, 0.717) is 6.42 Å². The number of carbonyl (C=O) groups excluding carboxylic acids is 1. The van der Waals surface area contributed by atoms with Crippen molar-refractivity contribution in [2.45, 2.75) is 32.2 Å². The summed E-state index contributed by atoms with van der Waals surface area (Å²) >= 11 is 0. The molecule has 0 bridgehead atoms. The maximum absolute atomic E-state index is 12.1. The number of aryl methyl sites for hydroxylation is 1. The van der Waals surface area contributed by atoms with Gasteiger partial charge in [0.25, 0.3) is 0 Å². The number of hydrogen-bond donors (Lipinski definition) is 2. The van der Waals surface area contributed by atoms with Crippen LogP contribution in [0.25, 0.3) is 0 Å². The molecular formula is C24H26N2O. The highest BCUT2D eigenvalue weighted by Crippen LogP contribution is 2.20. The summed E-state index contributed by atoms with van der Waals surface area (Å²) in [6, 6.07) is 28.7. The van der Waals surface area contributed by atoms with Crippen molar-refractivity contribution in [3.63, 3.8) is 0 Å². The molecule has 3 aromatic carbocycles. The molecule has 0 aliphatic carbocycles. The minimum absolute atomic E-state index is 0.0595. The Kier molecular flexibility index (Phi) is 6.64. The van der Waals surface area contributed by atoms with Crippen LogP contribution in [0.1, 0.15) is 36.9 Å². The number of anilines is 2. The molecule has 0 heterocycles. The minimum Gasteiger partial charge on any atom is -0.379 e. The molecule has 0 radical (unpaired) electrons. The Labute approximate surface area is 161 Å². The van der Waals surface area contributed by atoms with E-state index in [-0.39, 0.29) is 11.9 Å². The molecular weight excluding hydrogens is 332 g/mol. The Morgan fingerprint density at radius 3 is 2.07 bits per heavy atom. The maximum Gasteiger partial charge on any atom is 0.224 e. The zero-order valence-electron chi connectivity index (χ0n) is 15.7. The lowest BCUT2D eigenvalue weighted by molar-refractivity contribution is -0.116. The van der Waals surface area contributed by atoms with Gasteiger partial charge in [0, 0.05) is 23.8 Å². The molecule has 3 aromatic rings. The Bertz CT molecular complexity index is 829. The van der Waals surface area contributed by atoms with E-state index in [1.165, 1.54) is 11.1 Å². The molecule has 1 atom stereocenters. The molecule has 0 spiro atoms. The summed E-state index contributed by atoms with van der Waals surface area (Å²) in [5.74, 6) is 0.0595. The van der Waals surface area contributed by atoms with Crippen LogP contribution in [0, 0.1) is 0 Å². The summed E-state index contributed by atoms with van der Waals surface area (Å²) in [5, 5.41) is 6.45. The largest absolute Gasteiger partial charge is 0.379 e. The van der Waals surface area contributed by atoms with Gasteiger partial charge in [-0.05, 0) is 55.2 Å².